The quantitative estimate of drug-likeness (QED) is 0.907. The number of rotatable bonds is 4. The maximum Gasteiger partial charge on any atom is 0.226 e. The lowest BCUT2D eigenvalue weighted by atomic mass is 10.2. The van der Waals surface area contributed by atoms with Crippen LogP contribution in [0.3, 0.4) is 0 Å². The molecular formula is C15H22N2O2. The lowest BCUT2D eigenvalue weighted by Crippen LogP contribution is -2.23. The van der Waals surface area contributed by atoms with Crippen molar-refractivity contribution in [2.45, 2.75) is 26.7 Å². The molecule has 4 heteroatoms. The summed E-state index contributed by atoms with van der Waals surface area (Å²) in [5.74, 6) is 0.851. The van der Waals surface area contributed by atoms with Gasteiger partial charge in [-0.2, -0.15) is 0 Å². The molecule has 0 aliphatic carbocycles. The average Bonchev–Trinajstić information content (AvgIpc) is 2.92. The summed E-state index contributed by atoms with van der Waals surface area (Å²) in [6, 6.07) is 5.81. The second-order valence-electron chi connectivity index (χ2n) is 5.22. The van der Waals surface area contributed by atoms with Gasteiger partial charge in [-0.3, -0.25) is 4.79 Å². The third-order valence-electron chi connectivity index (χ3n) is 3.43. The van der Waals surface area contributed by atoms with E-state index in [4.69, 9.17) is 4.74 Å². The Labute approximate surface area is 114 Å². The molecule has 1 heterocycles. The van der Waals surface area contributed by atoms with Gasteiger partial charge in [0.1, 0.15) is 5.75 Å². The summed E-state index contributed by atoms with van der Waals surface area (Å²) in [4.78, 5) is 14.2. The molecule has 0 saturated carbocycles. The number of amides is 1. The molecule has 1 aliphatic rings. The van der Waals surface area contributed by atoms with E-state index in [0.29, 0.717) is 0 Å². The maximum absolute atomic E-state index is 11.9. The molecule has 1 aromatic carbocycles. The third-order valence-corrected chi connectivity index (χ3v) is 3.43. The van der Waals surface area contributed by atoms with Gasteiger partial charge in [0.25, 0.3) is 0 Å². The van der Waals surface area contributed by atoms with E-state index in [1.165, 1.54) is 12.8 Å². The molecule has 0 unspecified atom stereocenters. The molecule has 0 aromatic heterocycles. The highest BCUT2D eigenvalue weighted by atomic mass is 16.5. The largest absolute Gasteiger partial charge is 0.497 e. The van der Waals surface area contributed by atoms with Crippen molar-refractivity contribution in [3.8, 4) is 5.75 Å². The molecule has 1 N–H and O–H groups in total. The monoisotopic (exact) mass is 262 g/mol. The van der Waals surface area contributed by atoms with Crippen LogP contribution >= 0.6 is 0 Å². The number of hydrogen-bond donors (Lipinski definition) is 1. The van der Waals surface area contributed by atoms with E-state index >= 15 is 0 Å². The number of nitrogens with zero attached hydrogens (tertiary/aromatic N) is 1. The van der Waals surface area contributed by atoms with Crippen molar-refractivity contribution in [2.75, 3.05) is 30.4 Å². The number of hydrogen-bond acceptors (Lipinski definition) is 3. The molecule has 1 aromatic rings. The van der Waals surface area contributed by atoms with Crippen LogP contribution in [0.1, 0.15) is 26.7 Å². The van der Waals surface area contributed by atoms with E-state index in [9.17, 15) is 4.79 Å². The van der Waals surface area contributed by atoms with Crippen LogP contribution in [0.15, 0.2) is 18.2 Å². The number of nitrogens with one attached hydrogen (secondary N) is 1. The fourth-order valence-corrected chi connectivity index (χ4v) is 2.24. The normalized spacial score (nSPS) is 14.8. The first kappa shape index (κ1) is 13.7. The van der Waals surface area contributed by atoms with Crippen molar-refractivity contribution >= 4 is 17.3 Å². The molecule has 0 spiro atoms. The second-order valence-corrected chi connectivity index (χ2v) is 5.22. The van der Waals surface area contributed by atoms with Crippen molar-refractivity contribution in [3.05, 3.63) is 18.2 Å². The predicted molar refractivity (Wildman–Crippen MR) is 77.9 cm³/mol. The lowest BCUT2D eigenvalue weighted by molar-refractivity contribution is -0.118. The Balaban J connectivity index is 2.27. The van der Waals surface area contributed by atoms with Crippen LogP contribution in [-0.4, -0.2) is 26.1 Å². The highest BCUT2D eigenvalue weighted by Gasteiger charge is 2.18. The number of ether oxygens (including phenoxy) is 1. The fourth-order valence-electron chi connectivity index (χ4n) is 2.24. The van der Waals surface area contributed by atoms with Gasteiger partial charge in [0.05, 0.1) is 18.5 Å². The van der Waals surface area contributed by atoms with Crippen molar-refractivity contribution in [3.63, 3.8) is 0 Å². The van der Waals surface area contributed by atoms with Crippen molar-refractivity contribution < 1.29 is 9.53 Å². The van der Waals surface area contributed by atoms with E-state index in [-0.39, 0.29) is 11.8 Å². The SMILES string of the molecule is COc1ccc(NC(=O)C(C)C)c(N2CCCC2)c1. The lowest BCUT2D eigenvalue weighted by Gasteiger charge is -2.22. The Kier molecular flexibility index (Phi) is 4.30. The van der Waals surface area contributed by atoms with E-state index in [0.717, 1.165) is 30.2 Å². The van der Waals surface area contributed by atoms with Gasteiger partial charge >= 0.3 is 0 Å². The molecule has 1 amide bonds. The first-order valence-corrected chi connectivity index (χ1v) is 6.85. The Morgan fingerprint density at radius 3 is 2.58 bits per heavy atom. The van der Waals surface area contributed by atoms with Crippen LogP contribution in [-0.2, 0) is 4.79 Å². The van der Waals surface area contributed by atoms with E-state index in [1.807, 2.05) is 32.0 Å². The number of carbonyl (C=O) groups excluding carboxylic acids is 1. The molecule has 1 fully saturated rings. The molecule has 0 atom stereocenters. The summed E-state index contributed by atoms with van der Waals surface area (Å²) in [6.45, 7) is 5.87. The van der Waals surface area contributed by atoms with Gasteiger partial charge < -0.3 is 15.0 Å². The molecule has 0 bridgehead atoms. The van der Waals surface area contributed by atoms with Crippen molar-refractivity contribution in [1.29, 1.82) is 0 Å². The Hall–Kier alpha value is -1.71. The zero-order valence-electron chi connectivity index (χ0n) is 11.9. The van der Waals surface area contributed by atoms with Crippen LogP contribution in [0.2, 0.25) is 0 Å². The minimum atomic E-state index is -0.0199. The van der Waals surface area contributed by atoms with Gasteiger partial charge in [-0.25, -0.2) is 0 Å². The van der Waals surface area contributed by atoms with Crippen LogP contribution in [0.5, 0.6) is 5.75 Å². The van der Waals surface area contributed by atoms with E-state index in [1.54, 1.807) is 7.11 Å². The molecule has 1 saturated heterocycles. The predicted octanol–water partition coefficient (Wildman–Crippen LogP) is 2.89. The molecule has 4 nitrogen and oxygen atoms in total. The number of anilines is 2. The van der Waals surface area contributed by atoms with Crippen molar-refractivity contribution in [2.24, 2.45) is 5.92 Å². The number of methoxy groups -OCH3 is 1. The summed E-state index contributed by atoms with van der Waals surface area (Å²) in [6.07, 6.45) is 2.41. The van der Waals surface area contributed by atoms with Gasteiger partial charge in [-0.05, 0) is 25.0 Å². The van der Waals surface area contributed by atoms with E-state index < -0.39 is 0 Å². The molecule has 104 valence electrons. The molecular weight excluding hydrogens is 240 g/mol. The van der Waals surface area contributed by atoms with Gasteiger partial charge in [0.2, 0.25) is 5.91 Å². The maximum atomic E-state index is 11.9. The summed E-state index contributed by atoms with van der Waals surface area (Å²) in [5.41, 5.74) is 1.94. The van der Waals surface area contributed by atoms with Gasteiger partial charge in [-0.1, -0.05) is 13.8 Å². The molecule has 1 aliphatic heterocycles. The number of carbonyl (C=O) groups is 1. The molecule has 2 rings (SSSR count). The smallest absolute Gasteiger partial charge is 0.226 e. The summed E-state index contributed by atoms with van der Waals surface area (Å²) < 4.78 is 5.28. The third kappa shape index (κ3) is 3.19. The standard InChI is InChI=1S/C15H22N2O2/c1-11(2)15(18)16-13-7-6-12(19-3)10-14(13)17-8-4-5-9-17/h6-7,10-11H,4-5,8-9H2,1-3H3,(H,16,18). The Morgan fingerprint density at radius 1 is 1.32 bits per heavy atom. The van der Waals surface area contributed by atoms with Crippen LogP contribution < -0.4 is 15.0 Å². The number of benzene rings is 1. The highest BCUT2D eigenvalue weighted by molar-refractivity contribution is 5.95. The fraction of sp³-hybridized carbons (Fsp3) is 0.533. The van der Waals surface area contributed by atoms with Crippen LogP contribution in [0.4, 0.5) is 11.4 Å². The molecule has 19 heavy (non-hydrogen) atoms. The topological polar surface area (TPSA) is 41.6 Å². The van der Waals surface area contributed by atoms with Gasteiger partial charge in [0, 0.05) is 25.1 Å². The minimum Gasteiger partial charge on any atom is -0.497 e. The van der Waals surface area contributed by atoms with Crippen molar-refractivity contribution in [1.82, 2.24) is 0 Å². The first-order valence-electron chi connectivity index (χ1n) is 6.85. The van der Waals surface area contributed by atoms with Gasteiger partial charge in [-0.15, -0.1) is 0 Å². The Bertz CT molecular complexity index is 451. The minimum absolute atomic E-state index is 0.0199. The zero-order chi connectivity index (χ0) is 13.8. The Morgan fingerprint density at radius 2 is 2.00 bits per heavy atom. The highest BCUT2D eigenvalue weighted by Crippen LogP contribution is 2.32. The summed E-state index contributed by atoms with van der Waals surface area (Å²) in [7, 11) is 1.66. The zero-order valence-corrected chi connectivity index (χ0v) is 11.9. The first-order chi connectivity index (χ1) is 9.11. The molecule has 0 radical (unpaired) electrons. The summed E-state index contributed by atoms with van der Waals surface area (Å²) in [5, 5.41) is 3.00. The second kappa shape index (κ2) is 5.95. The van der Waals surface area contributed by atoms with Gasteiger partial charge in [0.15, 0.2) is 0 Å². The summed E-state index contributed by atoms with van der Waals surface area (Å²) >= 11 is 0. The van der Waals surface area contributed by atoms with Crippen LogP contribution in [0.25, 0.3) is 0 Å². The van der Waals surface area contributed by atoms with E-state index in [2.05, 4.69) is 10.2 Å². The average molecular weight is 262 g/mol. The van der Waals surface area contributed by atoms with Crippen LogP contribution in [0, 0.1) is 5.92 Å².